The van der Waals surface area contributed by atoms with Crippen molar-refractivity contribution in [3.63, 3.8) is 0 Å². The second kappa shape index (κ2) is 8.78. The Kier molecular flexibility index (Phi) is 7.67. The summed E-state index contributed by atoms with van der Waals surface area (Å²) < 4.78 is 32.4. The van der Waals surface area contributed by atoms with Gasteiger partial charge < -0.3 is 15.4 Å². The number of amides is 1. The van der Waals surface area contributed by atoms with Crippen molar-refractivity contribution in [3.8, 4) is 0 Å². The molecule has 0 unspecified atom stereocenters. The van der Waals surface area contributed by atoms with E-state index in [0.717, 1.165) is 38.1 Å². The molecular formula is C15H20Cl2F2N2O2. The Bertz CT molecular complexity index is 547. The van der Waals surface area contributed by atoms with Crippen LogP contribution in [0.2, 0.25) is 5.02 Å². The predicted molar refractivity (Wildman–Crippen MR) is 87.4 cm³/mol. The fourth-order valence-corrected chi connectivity index (χ4v) is 2.85. The van der Waals surface area contributed by atoms with E-state index in [1.165, 1.54) is 0 Å². The van der Waals surface area contributed by atoms with E-state index in [4.69, 9.17) is 16.3 Å². The second-order valence-corrected chi connectivity index (χ2v) is 6.02. The van der Waals surface area contributed by atoms with Crippen LogP contribution in [0.15, 0.2) is 12.1 Å². The maximum absolute atomic E-state index is 13.7. The topological polar surface area (TPSA) is 50.4 Å². The van der Waals surface area contributed by atoms with Crippen LogP contribution in [-0.4, -0.2) is 39.3 Å². The van der Waals surface area contributed by atoms with E-state index < -0.39 is 17.5 Å². The van der Waals surface area contributed by atoms with Crippen LogP contribution in [0.4, 0.5) is 8.78 Å². The molecule has 4 nitrogen and oxygen atoms in total. The minimum absolute atomic E-state index is 0. The van der Waals surface area contributed by atoms with Gasteiger partial charge in [-0.2, -0.15) is 0 Å². The number of nitrogens with one attached hydrogen (secondary N) is 2. The number of piperidine rings is 1. The van der Waals surface area contributed by atoms with Crippen molar-refractivity contribution >= 4 is 29.9 Å². The number of carbonyl (C=O) groups is 1. The lowest BCUT2D eigenvalue weighted by Gasteiger charge is -2.37. The molecule has 23 heavy (non-hydrogen) atoms. The molecule has 0 aromatic heterocycles. The van der Waals surface area contributed by atoms with Crippen LogP contribution in [0.1, 0.15) is 23.2 Å². The molecule has 2 rings (SSSR count). The molecule has 8 heteroatoms. The summed E-state index contributed by atoms with van der Waals surface area (Å²) in [6, 6.07) is 1.62. The van der Waals surface area contributed by atoms with Gasteiger partial charge in [0.15, 0.2) is 0 Å². The molecule has 2 N–H and O–H groups in total. The molecule has 1 fully saturated rings. The van der Waals surface area contributed by atoms with Gasteiger partial charge in [0.2, 0.25) is 0 Å². The fraction of sp³-hybridized carbons (Fsp3) is 0.533. The fourth-order valence-electron chi connectivity index (χ4n) is 2.70. The number of ether oxygens (including phenoxy) is 1. The van der Waals surface area contributed by atoms with Gasteiger partial charge in [-0.25, -0.2) is 8.78 Å². The standard InChI is InChI=1S/C15H19ClF2N2O2.ClH/c1-22-9-15(2-4-19-5-3-15)8-20-14(21)10-6-13(18)11(16)7-12(10)17;/h6-7,19H,2-5,8-9H2,1H3,(H,20,21);1H. The molecule has 1 aromatic rings. The Labute approximate surface area is 145 Å². The highest BCUT2D eigenvalue weighted by molar-refractivity contribution is 6.30. The van der Waals surface area contributed by atoms with Gasteiger partial charge in [0.1, 0.15) is 11.6 Å². The first-order valence-electron chi connectivity index (χ1n) is 7.10. The van der Waals surface area contributed by atoms with Crippen LogP contribution in [0, 0.1) is 17.0 Å². The summed E-state index contributed by atoms with van der Waals surface area (Å²) in [7, 11) is 1.61. The summed E-state index contributed by atoms with van der Waals surface area (Å²) in [5.41, 5.74) is -0.527. The lowest BCUT2D eigenvalue weighted by Crippen LogP contribution is -2.47. The molecule has 0 bridgehead atoms. The first kappa shape index (κ1) is 20.1. The summed E-state index contributed by atoms with van der Waals surface area (Å²) in [5, 5.41) is 5.59. The van der Waals surface area contributed by atoms with Crippen LogP contribution in [0.25, 0.3) is 0 Å². The van der Waals surface area contributed by atoms with Gasteiger partial charge >= 0.3 is 0 Å². The summed E-state index contributed by atoms with van der Waals surface area (Å²) in [6.45, 7) is 2.53. The molecule has 0 spiro atoms. The summed E-state index contributed by atoms with van der Waals surface area (Å²) in [4.78, 5) is 12.1. The van der Waals surface area contributed by atoms with Crippen molar-refractivity contribution in [1.29, 1.82) is 0 Å². The van der Waals surface area contributed by atoms with E-state index in [2.05, 4.69) is 10.6 Å². The molecule has 0 radical (unpaired) electrons. The van der Waals surface area contributed by atoms with Crippen LogP contribution in [0.5, 0.6) is 0 Å². The summed E-state index contributed by atoms with van der Waals surface area (Å²) in [5.74, 6) is -2.31. The summed E-state index contributed by atoms with van der Waals surface area (Å²) in [6.07, 6.45) is 1.69. The maximum Gasteiger partial charge on any atom is 0.254 e. The summed E-state index contributed by atoms with van der Waals surface area (Å²) >= 11 is 5.48. The number of benzene rings is 1. The van der Waals surface area contributed by atoms with Gasteiger partial charge in [-0.15, -0.1) is 12.4 Å². The normalized spacial score (nSPS) is 16.5. The average molecular weight is 369 g/mol. The Morgan fingerprint density at radius 1 is 1.35 bits per heavy atom. The van der Waals surface area contributed by atoms with E-state index >= 15 is 0 Å². The highest BCUT2D eigenvalue weighted by atomic mass is 35.5. The van der Waals surface area contributed by atoms with E-state index in [1.807, 2.05) is 0 Å². The molecule has 1 aliphatic heterocycles. The number of hydrogen-bond donors (Lipinski definition) is 2. The highest BCUT2D eigenvalue weighted by Crippen LogP contribution is 2.28. The molecule has 130 valence electrons. The zero-order valence-electron chi connectivity index (χ0n) is 12.8. The van der Waals surface area contributed by atoms with Crippen LogP contribution >= 0.6 is 24.0 Å². The first-order chi connectivity index (χ1) is 10.5. The van der Waals surface area contributed by atoms with Crippen LogP contribution in [0.3, 0.4) is 0 Å². The molecule has 0 atom stereocenters. The maximum atomic E-state index is 13.7. The van der Waals surface area contributed by atoms with E-state index in [9.17, 15) is 13.6 Å². The minimum atomic E-state index is -0.838. The van der Waals surface area contributed by atoms with Gasteiger partial charge in [0, 0.05) is 19.1 Å². The van der Waals surface area contributed by atoms with Crippen molar-refractivity contribution in [1.82, 2.24) is 10.6 Å². The average Bonchev–Trinajstić information content (AvgIpc) is 2.50. The van der Waals surface area contributed by atoms with Gasteiger partial charge in [0.05, 0.1) is 17.2 Å². The van der Waals surface area contributed by atoms with Gasteiger partial charge in [-0.05, 0) is 38.1 Å². The quantitative estimate of drug-likeness (QED) is 0.785. The Balaban J connectivity index is 0.00000264. The lowest BCUT2D eigenvalue weighted by atomic mass is 9.79. The van der Waals surface area contributed by atoms with Gasteiger partial charge in [-0.3, -0.25) is 4.79 Å². The smallest absolute Gasteiger partial charge is 0.254 e. The van der Waals surface area contributed by atoms with Crippen molar-refractivity contribution in [2.75, 3.05) is 33.4 Å². The zero-order valence-corrected chi connectivity index (χ0v) is 14.3. The van der Waals surface area contributed by atoms with Crippen molar-refractivity contribution < 1.29 is 18.3 Å². The second-order valence-electron chi connectivity index (χ2n) is 5.61. The molecule has 1 aliphatic rings. The third kappa shape index (κ3) is 5.01. The SMILES string of the molecule is COCC1(CNC(=O)c2cc(F)c(Cl)cc2F)CCNCC1.Cl. The molecule has 1 amide bonds. The molecular weight excluding hydrogens is 349 g/mol. The first-order valence-corrected chi connectivity index (χ1v) is 7.48. The number of rotatable bonds is 5. The monoisotopic (exact) mass is 368 g/mol. The molecule has 1 heterocycles. The van der Waals surface area contributed by atoms with Crippen molar-refractivity contribution in [3.05, 3.63) is 34.4 Å². The van der Waals surface area contributed by atoms with Crippen molar-refractivity contribution in [2.24, 2.45) is 5.41 Å². The Morgan fingerprint density at radius 3 is 2.61 bits per heavy atom. The van der Waals surface area contributed by atoms with Gasteiger partial charge in [0.25, 0.3) is 5.91 Å². The number of methoxy groups -OCH3 is 1. The third-order valence-electron chi connectivity index (χ3n) is 3.99. The van der Waals surface area contributed by atoms with Crippen LogP contribution < -0.4 is 10.6 Å². The van der Waals surface area contributed by atoms with E-state index in [1.54, 1.807) is 7.11 Å². The van der Waals surface area contributed by atoms with Crippen LogP contribution in [-0.2, 0) is 4.74 Å². The zero-order chi connectivity index (χ0) is 16.2. The molecule has 0 aliphatic carbocycles. The van der Waals surface area contributed by atoms with E-state index in [0.29, 0.717) is 13.2 Å². The number of hydrogen-bond acceptors (Lipinski definition) is 3. The molecule has 1 saturated heterocycles. The van der Waals surface area contributed by atoms with Crippen molar-refractivity contribution in [2.45, 2.75) is 12.8 Å². The largest absolute Gasteiger partial charge is 0.384 e. The lowest BCUT2D eigenvalue weighted by molar-refractivity contribution is 0.0511. The molecule has 1 aromatic carbocycles. The minimum Gasteiger partial charge on any atom is -0.384 e. The number of carbonyl (C=O) groups excluding carboxylic acids is 1. The molecule has 0 saturated carbocycles. The van der Waals surface area contributed by atoms with E-state index in [-0.39, 0.29) is 28.4 Å². The third-order valence-corrected chi connectivity index (χ3v) is 4.28. The number of halogens is 4. The Hall–Kier alpha value is -0.950. The predicted octanol–water partition coefficient (Wildman–Crippen LogP) is 2.79. The van der Waals surface area contributed by atoms with Gasteiger partial charge in [-0.1, -0.05) is 11.6 Å². The Morgan fingerprint density at radius 2 is 2.00 bits per heavy atom. The highest BCUT2D eigenvalue weighted by Gasteiger charge is 2.32.